The van der Waals surface area contributed by atoms with Crippen molar-refractivity contribution in [1.82, 2.24) is 4.90 Å². The molecule has 0 aliphatic carbocycles. The van der Waals surface area contributed by atoms with Gasteiger partial charge in [0.2, 0.25) is 0 Å². The maximum absolute atomic E-state index is 10.5. The molecule has 1 saturated heterocycles. The molecule has 21 heavy (non-hydrogen) atoms. The van der Waals surface area contributed by atoms with Crippen molar-refractivity contribution in [1.29, 1.82) is 0 Å². The molecule has 0 bridgehead atoms. The van der Waals surface area contributed by atoms with Crippen LogP contribution >= 0.6 is 0 Å². The Labute approximate surface area is 126 Å². The number of carboxylic acid groups (broad SMARTS) is 1. The van der Waals surface area contributed by atoms with Crippen LogP contribution in [0.25, 0.3) is 6.08 Å². The number of piperazine rings is 1. The Morgan fingerprint density at radius 2 is 1.86 bits per heavy atom. The lowest BCUT2D eigenvalue weighted by Gasteiger charge is -2.39. The van der Waals surface area contributed by atoms with Crippen molar-refractivity contribution in [3.05, 3.63) is 35.9 Å². The van der Waals surface area contributed by atoms with E-state index in [9.17, 15) is 4.79 Å². The summed E-state index contributed by atoms with van der Waals surface area (Å²) in [4.78, 5) is 15.4. The van der Waals surface area contributed by atoms with Crippen LogP contribution < -0.4 is 4.90 Å². The topological polar surface area (TPSA) is 43.8 Å². The second-order valence-electron chi connectivity index (χ2n) is 5.54. The first-order valence-electron chi connectivity index (χ1n) is 7.60. The Balaban J connectivity index is 1.93. The lowest BCUT2D eigenvalue weighted by Crippen LogP contribution is -2.49. The minimum atomic E-state index is -0.916. The van der Waals surface area contributed by atoms with E-state index in [0.29, 0.717) is 6.04 Å². The van der Waals surface area contributed by atoms with Crippen LogP contribution in [0.5, 0.6) is 0 Å². The van der Waals surface area contributed by atoms with Crippen LogP contribution in [0.1, 0.15) is 25.8 Å². The number of aliphatic carboxylic acids is 1. The molecule has 1 fully saturated rings. The first-order valence-corrected chi connectivity index (χ1v) is 7.60. The monoisotopic (exact) mass is 288 g/mol. The molecule has 0 amide bonds. The van der Waals surface area contributed by atoms with Crippen molar-refractivity contribution < 1.29 is 9.90 Å². The highest BCUT2D eigenvalue weighted by Gasteiger charge is 2.19. The number of hydrogen-bond donors (Lipinski definition) is 1. The molecular weight excluding hydrogens is 264 g/mol. The van der Waals surface area contributed by atoms with Gasteiger partial charge in [0.1, 0.15) is 0 Å². The zero-order valence-electron chi connectivity index (χ0n) is 12.8. The van der Waals surface area contributed by atoms with Crippen molar-refractivity contribution in [3.63, 3.8) is 0 Å². The first-order chi connectivity index (χ1) is 10.1. The van der Waals surface area contributed by atoms with Crippen molar-refractivity contribution in [2.75, 3.05) is 31.1 Å². The quantitative estimate of drug-likeness (QED) is 0.846. The highest BCUT2D eigenvalue weighted by atomic mass is 16.4. The molecule has 1 aromatic carbocycles. The SMILES string of the molecule is CCC(C)N1CCN(c2ccc(C=CC(=O)O)cc2)CC1. The van der Waals surface area contributed by atoms with Crippen molar-refractivity contribution in [3.8, 4) is 0 Å². The third kappa shape index (κ3) is 4.33. The molecule has 1 unspecified atom stereocenters. The third-order valence-electron chi connectivity index (χ3n) is 4.21. The van der Waals surface area contributed by atoms with Crippen LogP contribution in [0, 0.1) is 0 Å². The van der Waals surface area contributed by atoms with Crippen LogP contribution in [0.4, 0.5) is 5.69 Å². The Hall–Kier alpha value is -1.81. The molecule has 1 aliphatic heterocycles. The van der Waals surface area contributed by atoms with Crippen LogP contribution in [-0.2, 0) is 4.79 Å². The van der Waals surface area contributed by atoms with Crippen molar-refractivity contribution in [2.24, 2.45) is 0 Å². The smallest absolute Gasteiger partial charge is 0.328 e. The highest BCUT2D eigenvalue weighted by Crippen LogP contribution is 2.19. The predicted octanol–water partition coefficient (Wildman–Crippen LogP) is 2.70. The average Bonchev–Trinajstić information content (AvgIpc) is 2.53. The summed E-state index contributed by atoms with van der Waals surface area (Å²) in [5.74, 6) is -0.916. The molecule has 0 saturated carbocycles. The van der Waals surface area contributed by atoms with E-state index < -0.39 is 5.97 Å². The van der Waals surface area contributed by atoms with Crippen LogP contribution in [0.2, 0.25) is 0 Å². The molecule has 4 heteroatoms. The Bertz CT molecular complexity index is 488. The van der Waals surface area contributed by atoms with E-state index in [1.165, 1.54) is 18.2 Å². The van der Waals surface area contributed by atoms with Gasteiger partial charge in [-0.05, 0) is 37.1 Å². The number of hydrogen-bond acceptors (Lipinski definition) is 3. The maximum atomic E-state index is 10.5. The zero-order chi connectivity index (χ0) is 15.2. The van der Waals surface area contributed by atoms with Crippen molar-refractivity contribution in [2.45, 2.75) is 26.3 Å². The number of benzene rings is 1. The molecule has 0 aromatic heterocycles. The summed E-state index contributed by atoms with van der Waals surface area (Å²) in [5.41, 5.74) is 2.13. The van der Waals surface area contributed by atoms with E-state index >= 15 is 0 Å². The van der Waals surface area contributed by atoms with E-state index in [1.807, 2.05) is 12.1 Å². The predicted molar refractivity (Wildman–Crippen MR) is 86.7 cm³/mol. The highest BCUT2D eigenvalue weighted by molar-refractivity contribution is 5.85. The van der Waals surface area contributed by atoms with Crippen LogP contribution in [-0.4, -0.2) is 48.2 Å². The van der Waals surface area contributed by atoms with Crippen LogP contribution in [0.15, 0.2) is 30.3 Å². The standard InChI is InChI=1S/C17H24N2O2/c1-3-14(2)18-10-12-19(13-11-18)16-7-4-15(5-8-16)6-9-17(20)21/h4-9,14H,3,10-13H2,1-2H3,(H,20,21). The molecule has 0 spiro atoms. The van der Waals surface area contributed by atoms with E-state index in [0.717, 1.165) is 31.7 Å². The summed E-state index contributed by atoms with van der Waals surface area (Å²) in [7, 11) is 0. The van der Waals surface area contributed by atoms with E-state index in [1.54, 1.807) is 6.08 Å². The second kappa shape index (κ2) is 7.27. The van der Waals surface area contributed by atoms with Gasteiger partial charge < -0.3 is 10.0 Å². The van der Waals surface area contributed by atoms with Gasteiger partial charge in [0.15, 0.2) is 0 Å². The number of carboxylic acids is 1. The average molecular weight is 288 g/mol. The largest absolute Gasteiger partial charge is 0.478 e. The van der Waals surface area contributed by atoms with E-state index in [2.05, 4.69) is 35.8 Å². The van der Waals surface area contributed by atoms with Crippen LogP contribution in [0.3, 0.4) is 0 Å². The molecule has 1 atom stereocenters. The van der Waals surface area contributed by atoms with Gasteiger partial charge in [-0.2, -0.15) is 0 Å². The molecule has 0 radical (unpaired) electrons. The third-order valence-corrected chi connectivity index (χ3v) is 4.21. The fourth-order valence-electron chi connectivity index (χ4n) is 2.64. The summed E-state index contributed by atoms with van der Waals surface area (Å²) in [6.07, 6.45) is 3.98. The number of nitrogens with zero attached hydrogens (tertiary/aromatic N) is 2. The van der Waals surface area contributed by atoms with Crippen molar-refractivity contribution >= 4 is 17.7 Å². The Kier molecular flexibility index (Phi) is 5.39. The molecule has 1 heterocycles. The lowest BCUT2D eigenvalue weighted by molar-refractivity contribution is -0.131. The molecule has 114 valence electrons. The summed E-state index contributed by atoms with van der Waals surface area (Å²) >= 11 is 0. The second-order valence-corrected chi connectivity index (χ2v) is 5.54. The van der Waals surface area contributed by atoms with Gasteiger partial charge in [0, 0.05) is 44.0 Å². The fraction of sp³-hybridized carbons (Fsp3) is 0.471. The molecular formula is C17H24N2O2. The summed E-state index contributed by atoms with van der Waals surface area (Å²) in [5, 5.41) is 8.62. The summed E-state index contributed by atoms with van der Waals surface area (Å²) in [6, 6.07) is 8.74. The van der Waals surface area contributed by atoms with Gasteiger partial charge in [-0.1, -0.05) is 19.1 Å². The molecule has 1 aromatic rings. The zero-order valence-corrected chi connectivity index (χ0v) is 12.8. The van der Waals surface area contributed by atoms with Gasteiger partial charge in [0.05, 0.1) is 0 Å². The lowest BCUT2D eigenvalue weighted by atomic mass is 10.1. The molecule has 1 aliphatic rings. The maximum Gasteiger partial charge on any atom is 0.328 e. The van der Waals surface area contributed by atoms with Gasteiger partial charge >= 0.3 is 5.97 Å². The van der Waals surface area contributed by atoms with Gasteiger partial charge in [-0.15, -0.1) is 0 Å². The minimum Gasteiger partial charge on any atom is -0.478 e. The Morgan fingerprint density at radius 3 is 2.38 bits per heavy atom. The number of rotatable bonds is 5. The Morgan fingerprint density at radius 1 is 1.24 bits per heavy atom. The van der Waals surface area contributed by atoms with E-state index in [4.69, 9.17) is 5.11 Å². The van der Waals surface area contributed by atoms with Gasteiger partial charge in [-0.25, -0.2) is 4.79 Å². The fourth-order valence-corrected chi connectivity index (χ4v) is 2.64. The minimum absolute atomic E-state index is 0.663. The number of anilines is 1. The normalized spacial score (nSPS) is 18.1. The van der Waals surface area contributed by atoms with Gasteiger partial charge in [0.25, 0.3) is 0 Å². The molecule has 2 rings (SSSR count). The molecule has 1 N–H and O–H groups in total. The van der Waals surface area contributed by atoms with E-state index in [-0.39, 0.29) is 0 Å². The molecule has 4 nitrogen and oxygen atoms in total. The number of carbonyl (C=O) groups is 1. The summed E-state index contributed by atoms with van der Waals surface area (Å²) < 4.78 is 0. The first kappa shape index (κ1) is 15.6. The van der Waals surface area contributed by atoms with Gasteiger partial charge in [-0.3, -0.25) is 4.90 Å². The summed E-state index contributed by atoms with van der Waals surface area (Å²) in [6.45, 7) is 8.84.